The number of amides is 1. The molecular weight excluding hydrogens is 444 g/mol. The summed E-state index contributed by atoms with van der Waals surface area (Å²) in [4.78, 5) is 12.6. The van der Waals surface area contributed by atoms with Crippen LogP contribution in [-0.4, -0.2) is 32.8 Å². The van der Waals surface area contributed by atoms with Crippen molar-refractivity contribution >= 4 is 17.7 Å². The molecule has 0 radical (unpaired) electrons. The Morgan fingerprint density at radius 2 is 1.71 bits per heavy atom. The summed E-state index contributed by atoms with van der Waals surface area (Å²) in [5.74, 6) is 1.98. The third-order valence-corrected chi connectivity index (χ3v) is 4.87. The number of nitrogens with one attached hydrogen (secondary N) is 1. The van der Waals surface area contributed by atoms with Crippen LogP contribution in [-0.2, 0) is 4.79 Å². The number of benzene rings is 3. The van der Waals surface area contributed by atoms with Crippen molar-refractivity contribution in [2.24, 2.45) is 0 Å². The maximum Gasteiger partial charge on any atom is 0.266 e. The molecule has 0 spiro atoms. The summed E-state index contributed by atoms with van der Waals surface area (Å²) in [5.41, 5.74) is 2.26. The summed E-state index contributed by atoms with van der Waals surface area (Å²) in [6.07, 6.45) is 1.52. The summed E-state index contributed by atoms with van der Waals surface area (Å²) in [6.45, 7) is 4.87. The Kier molecular flexibility index (Phi) is 9.14. The maximum absolute atomic E-state index is 12.6. The van der Waals surface area contributed by atoms with Gasteiger partial charge in [-0.1, -0.05) is 24.3 Å². The van der Waals surface area contributed by atoms with Gasteiger partial charge in [0, 0.05) is 11.8 Å². The first-order chi connectivity index (χ1) is 17.0. The first-order valence-electron chi connectivity index (χ1n) is 11.2. The zero-order chi connectivity index (χ0) is 25.0. The predicted molar refractivity (Wildman–Crippen MR) is 135 cm³/mol. The molecule has 3 aromatic carbocycles. The number of carbonyl (C=O) groups excluding carboxylic acids is 1. The fourth-order valence-electron chi connectivity index (χ4n) is 3.24. The monoisotopic (exact) mass is 472 g/mol. The third-order valence-electron chi connectivity index (χ3n) is 4.87. The smallest absolute Gasteiger partial charge is 0.266 e. The minimum absolute atomic E-state index is 0.0192. The minimum atomic E-state index is -0.480. The first-order valence-corrected chi connectivity index (χ1v) is 11.2. The molecule has 0 atom stereocenters. The van der Waals surface area contributed by atoms with E-state index in [1.165, 1.54) is 6.08 Å². The van der Waals surface area contributed by atoms with E-state index in [-0.39, 0.29) is 5.57 Å². The Hall–Kier alpha value is -4.44. The van der Waals surface area contributed by atoms with Crippen LogP contribution in [0, 0.1) is 18.3 Å². The third kappa shape index (κ3) is 7.54. The van der Waals surface area contributed by atoms with Crippen LogP contribution >= 0.6 is 0 Å². The van der Waals surface area contributed by atoms with Gasteiger partial charge in [0.2, 0.25) is 0 Å². The summed E-state index contributed by atoms with van der Waals surface area (Å²) in [6, 6.07) is 21.9. The molecule has 1 N–H and O–H groups in total. The molecule has 3 aromatic rings. The molecule has 35 heavy (non-hydrogen) atoms. The Bertz CT molecular complexity index is 1230. The average molecular weight is 473 g/mol. The van der Waals surface area contributed by atoms with E-state index in [9.17, 15) is 10.1 Å². The number of ether oxygens (including phenoxy) is 4. The number of hydrogen-bond donors (Lipinski definition) is 1. The van der Waals surface area contributed by atoms with E-state index in [1.807, 2.05) is 56.3 Å². The molecule has 1 amide bonds. The molecule has 0 bridgehead atoms. The quantitative estimate of drug-likeness (QED) is 0.228. The Morgan fingerprint density at radius 3 is 2.46 bits per heavy atom. The fourth-order valence-corrected chi connectivity index (χ4v) is 3.24. The SMILES string of the molecule is CCOc1cc(C=C(C#N)C(=O)Nc2cccc(C)c2)ccc1OCCOc1cccc(OC)c1. The molecule has 0 saturated carbocycles. The number of methoxy groups -OCH3 is 1. The second-order valence-corrected chi connectivity index (χ2v) is 7.51. The lowest BCUT2D eigenvalue weighted by atomic mass is 10.1. The molecule has 7 nitrogen and oxygen atoms in total. The van der Waals surface area contributed by atoms with Crippen molar-refractivity contribution in [1.82, 2.24) is 0 Å². The lowest BCUT2D eigenvalue weighted by Gasteiger charge is -2.13. The van der Waals surface area contributed by atoms with Crippen molar-refractivity contribution in [2.45, 2.75) is 13.8 Å². The molecule has 3 rings (SSSR count). The van der Waals surface area contributed by atoms with Gasteiger partial charge in [0.25, 0.3) is 5.91 Å². The number of nitrogens with zero attached hydrogens (tertiary/aromatic N) is 1. The number of aryl methyl sites for hydroxylation is 1. The van der Waals surface area contributed by atoms with E-state index in [1.54, 1.807) is 37.4 Å². The number of anilines is 1. The Balaban J connectivity index is 1.66. The molecule has 0 aromatic heterocycles. The van der Waals surface area contributed by atoms with Gasteiger partial charge >= 0.3 is 0 Å². The van der Waals surface area contributed by atoms with Crippen molar-refractivity contribution < 1.29 is 23.7 Å². The van der Waals surface area contributed by atoms with Crippen molar-refractivity contribution in [3.8, 4) is 29.1 Å². The largest absolute Gasteiger partial charge is 0.497 e. The van der Waals surface area contributed by atoms with E-state index in [4.69, 9.17) is 18.9 Å². The lowest BCUT2D eigenvalue weighted by molar-refractivity contribution is -0.112. The highest BCUT2D eigenvalue weighted by atomic mass is 16.5. The molecule has 0 saturated heterocycles. The highest BCUT2D eigenvalue weighted by molar-refractivity contribution is 6.09. The van der Waals surface area contributed by atoms with Gasteiger partial charge in [0.05, 0.1) is 13.7 Å². The van der Waals surface area contributed by atoms with Crippen LogP contribution in [0.5, 0.6) is 23.0 Å². The normalized spacial score (nSPS) is 10.7. The number of hydrogen-bond acceptors (Lipinski definition) is 6. The predicted octanol–water partition coefficient (Wildman–Crippen LogP) is 5.41. The maximum atomic E-state index is 12.6. The van der Waals surface area contributed by atoms with Crippen molar-refractivity contribution in [3.63, 3.8) is 0 Å². The fraction of sp³-hybridized carbons (Fsp3) is 0.214. The average Bonchev–Trinajstić information content (AvgIpc) is 2.86. The molecule has 0 aliphatic carbocycles. The van der Waals surface area contributed by atoms with Gasteiger partial charge in [-0.25, -0.2) is 0 Å². The Labute approximate surface area is 205 Å². The second kappa shape index (κ2) is 12.7. The van der Waals surface area contributed by atoms with Gasteiger partial charge in [-0.15, -0.1) is 0 Å². The molecule has 0 fully saturated rings. The summed E-state index contributed by atoms with van der Waals surface area (Å²) >= 11 is 0. The number of carbonyl (C=O) groups is 1. The van der Waals surface area contributed by atoms with Crippen molar-refractivity contribution in [3.05, 3.63) is 83.4 Å². The zero-order valence-electron chi connectivity index (χ0n) is 20.0. The lowest BCUT2D eigenvalue weighted by Crippen LogP contribution is -2.13. The van der Waals surface area contributed by atoms with Gasteiger partial charge in [-0.05, 0) is 67.4 Å². The summed E-state index contributed by atoms with van der Waals surface area (Å²) < 4.78 is 22.5. The molecule has 7 heteroatoms. The van der Waals surface area contributed by atoms with E-state index < -0.39 is 5.91 Å². The first kappa shape index (κ1) is 25.2. The topological polar surface area (TPSA) is 89.8 Å². The molecule has 0 aliphatic rings. The van der Waals surface area contributed by atoms with E-state index >= 15 is 0 Å². The van der Waals surface area contributed by atoms with Crippen LogP contribution < -0.4 is 24.3 Å². The van der Waals surface area contributed by atoms with Crippen LogP contribution in [0.15, 0.2) is 72.3 Å². The standard InChI is InChI=1S/C28H28N2O5/c1-4-33-27-17-21(16-22(19-29)28(31)30-23-8-5-7-20(2)15-23)11-12-26(27)35-14-13-34-25-10-6-9-24(18-25)32-3/h5-12,15-18H,4,13-14H2,1-3H3,(H,30,31). The van der Waals surface area contributed by atoms with Crippen molar-refractivity contribution in [2.75, 3.05) is 32.2 Å². The van der Waals surface area contributed by atoms with E-state index in [2.05, 4.69) is 5.32 Å². The molecule has 0 heterocycles. The molecule has 0 unspecified atom stereocenters. The van der Waals surface area contributed by atoms with Crippen LogP contribution in [0.4, 0.5) is 5.69 Å². The zero-order valence-corrected chi connectivity index (χ0v) is 20.0. The second-order valence-electron chi connectivity index (χ2n) is 7.51. The highest BCUT2D eigenvalue weighted by Crippen LogP contribution is 2.29. The Morgan fingerprint density at radius 1 is 0.943 bits per heavy atom. The van der Waals surface area contributed by atoms with E-state index in [0.29, 0.717) is 48.3 Å². The van der Waals surface area contributed by atoms with E-state index in [0.717, 1.165) is 11.3 Å². The molecule has 180 valence electrons. The number of nitriles is 1. The van der Waals surface area contributed by atoms with Gasteiger partial charge in [0.1, 0.15) is 36.4 Å². The van der Waals surface area contributed by atoms with Gasteiger partial charge < -0.3 is 24.3 Å². The van der Waals surface area contributed by atoms with Crippen LogP contribution in [0.25, 0.3) is 6.08 Å². The highest BCUT2D eigenvalue weighted by Gasteiger charge is 2.12. The molecule has 0 aliphatic heterocycles. The van der Waals surface area contributed by atoms with Gasteiger partial charge in [0.15, 0.2) is 11.5 Å². The summed E-state index contributed by atoms with van der Waals surface area (Å²) in [7, 11) is 1.60. The van der Waals surface area contributed by atoms with Gasteiger partial charge in [-0.2, -0.15) is 5.26 Å². The minimum Gasteiger partial charge on any atom is -0.497 e. The number of rotatable bonds is 11. The van der Waals surface area contributed by atoms with Crippen LogP contribution in [0.2, 0.25) is 0 Å². The van der Waals surface area contributed by atoms with Crippen LogP contribution in [0.3, 0.4) is 0 Å². The van der Waals surface area contributed by atoms with Gasteiger partial charge in [-0.3, -0.25) is 4.79 Å². The molecular formula is C28H28N2O5. The van der Waals surface area contributed by atoms with Crippen LogP contribution in [0.1, 0.15) is 18.1 Å². The van der Waals surface area contributed by atoms with Crippen molar-refractivity contribution in [1.29, 1.82) is 5.26 Å². The summed E-state index contributed by atoms with van der Waals surface area (Å²) in [5, 5.41) is 12.3.